The normalized spacial score (nSPS) is 14.6. The van der Waals surface area contributed by atoms with Crippen LogP contribution < -0.4 is 0 Å². The van der Waals surface area contributed by atoms with Crippen molar-refractivity contribution >= 4 is 0 Å². The van der Waals surface area contributed by atoms with Crippen LogP contribution >= 0.6 is 0 Å². The van der Waals surface area contributed by atoms with Crippen molar-refractivity contribution in [2.24, 2.45) is 5.92 Å². The maximum atomic E-state index is 10.0. The van der Waals surface area contributed by atoms with E-state index in [1.807, 2.05) is 13.0 Å². The number of nitriles is 1. The lowest BCUT2D eigenvalue weighted by Gasteiger charge is -2.22. The lowest BCUT2D eigenvalue weighted by molar-refractivity contribution is 0.257. The van der Waals surface area contributed by atoms with Gasteiger partial charge in [-0.1, -0.05) is 6.07 Å². The van der Waals surface area contributed by atoms with Gasteiger partial charge >= 0.3 is 0 Å². The number of phenolic OH excluding ortho intramolecular Hbond substituents is 1. The standard InChI is InChI=1S/C16H22N2O/c1-12-8-15(16(19)9-13(12)2)11-18(7-3-6-17)10-14-4-5-14/h8-9,14,19H,3-5,7,10-11H2,1-2H3. The van der Waals surface area contributed by atoms with Crippen LogP contribution in [0.15, 0.2) is 12.1 Å². The van der Waals surface area contributed by atoms with Gasteiger partial charge in [-0.2, -0.15) is 5.26 Å². The summed E-state index contributed by atoms with van der Waals surface area (Å²) in [5.74, 6) is 1.17. The van der Waals surface area contributed by atoms with Crippen LogP contribution in [0.5, 0.6) is 5.75 Å². The third-order valence-electron chi connectivity index (χ3n) is 3.84. The maximum Gasteiger partial charge on any atom is 0.120 e. The molecule has 0 atom stereocenters. The maximum absolute atomic E-state index is 10.0. The van der Waals surface area contributed by atoms with E-state index >= 15 is 0 Å². The molecule has 1 aliphatic carbocycles. The molecule has 0 bridgehead atoms. The molecule has 1 fully saturated rings. The number of aryl methyl sites for hydroxylation is 2. The van der Waals surface area contributed by atoms with Gasteiger partial charge in [-0.15, -0.1) is 0 Å². The predicted molar refractivity (Wildman–Crippen MR) is 75.8 cm³/mol. The van der Waals surface area contributed by atoms with Crippen LogP contribution in [0.1, 0.15) is 36.0 Å². The summed E-state index contributed by atoms with van der Waals surface area (Å²) in [6.45, 7) is 6.66. The van der Waals surface area contributed by atoms with Crippen LogP contribution in [-0.2, 0) is 6.54 Å². The van der Waals surface area contributed by atoms with Gasteiger partial charge in [-0.05, 0) is 49.8 Å². The molecule has 19 heavy (non-hydrogen) atoms. The molecule has 2 rings (SSSR count). The fraction of sp³-hybridized carbons (Fsp3) is 0.562. The molecule has 1 aromatic rings. The first-order valence-electron chi connectivity index (χ1n) is 6.98. The van der Waals surface area contributed by atoms with Crippen molar-refractivity contribution in [3.8, 4) is 11.8 Å². The molecule has 0 radical (unpaired) electrons. The molecule has 0 heterocycles. The Morgan fingerprint density at radius 1 is 1.32 bits per heavy atom. The monoisotopic (exact) mass is 258 g/mol. The summed E-state index contributed by atoms with van der Waals surface area (Å²) in [5.41, 5.74) is 3.30. The molecule has 0 spiro atoms. The molecule has 1 saturated carbocycles. The first-order valence-corrected chi connectivity index (χ1v) is 6.98. The van der Waals surface area contributed by atoms with Crippen molar-refractivity contribution < 1.29 is 5.11 Å². The van der Waals surface area contributed by atoms with Gasteiger partial charge in [0.05, 0.1) is 6.07 Å². The lowest BCUT2D eigenvalue weighted by atomic mass is 10.0. The van der Waals surface area contributed by atoms with E-state index in [2.05, 4.69) is 24.0 Å². The lowest BCUT2D eigenvalue weighted by Crippen LogP contribution is -2.26. The summed E-state index contributed by atoms with van der Waals surface area (Å²) in [5, 5.41) is 18.8. The minimum atomic E-state index is 0.376. The Hall–Kier alpha value is -1.53. The Kier molecular flexibility index (Phi) is 4.44. The van der Waals surface area contributed by atoms with Crippen LogP contribution in [0.2, 0.25) is 0 Å². The van der Waals surface area contributed by atoms with E-state index in [1.165, 1.54) is 18.4 Å². The van der Waals surface area contributed by atoms with E-state index in [0.717, 1.165) is 36.7 Å². The fourth-order valence-corrected chi connectivity index (χ4v) is 2.34. The van der Waals surface area contributed by atoms with Crippen LogP contribution in [0.4, 0.5) is 0 Å². The Labute approximate surface area is 115 Å². The first-order chi connectivity index (χ1) is 9.10. The Bertz CT molecular complexity index is 486. The van der Waals surface area contributed by atoms with Gasteiger partial charge in [-0.25, -0.2) is 0 Å². The van der Waals surface area contributed by atoms with E-state index in [0.29, 0.717) is 12.2 Å². The van der Waals surface area contributed by atoms with Gasteiger partial charge in [0.15, 0.2) is 0 Å². The average Bonchev–Trinajstić information content (AvgIpc) is 3.17. The molecule has 0 aliphatic heterocycles. The zero-order valence-electron chi connectivity index (χ0n) is 11.8. The highest BCUT2D eigenvalue weighted by Gasteiger charge is 2.24. The largest absolute Gasteiger partial charge is 0.508 e. The first kappa shape index (κ1) is 13.9. The van der Waals surface area contributed by atoms with Crippen molar-refractivity contribution in [3.05, 3.63) is 28.8 Å². The second-order valence-electron chi connectivity index (χ2n) is 5.65. The summed E-state index contributed by atoms with van der Waals surface area (Å²) < 4.78 is 0. The Morgan fingerprint density at radius 2 is 2.00 bits per heavy atom. The number of hydrogen-bond donors (Lipinski definition) is 1. The van der Waals surface area contributed by atoms with Crippen molar-refractivity contribution in [3.63, 3.8) is 0 Å². The number of nitrogens with zero attached hydrogens (tertiary/aromatic N) is 2. The summed E-state index contributed by atoms with van der Waals surface area (Å²) in [7, 11) is 0. The minimum Gasteiger partial charge on any atom is -0.508 e. The fourth-order valence-electron chi connectivity index (χ4n) is 2.34. The highest BCUT2D eigenvalue weighted by Crippen LogP contribution is 2.31. The summed E-state index contributed by atoms with van der Waals surface area (Å²) in [4.78, 5) is 2.30. The van der Waals surface area contributed by atoms with Crippen LogP contribution in [-0.4, -0.2) is 23.1 Å². The number of rotatable bonds is 6. The Morgan fingerprint density at radius 3 is 2.63 bits per heavy atom. The number of benzene rings is 1. The van der Waals surface area contributed by atoms with Crippen molar-refractivity contribution in [2.75, 3.05) is 13.1 Å². The van der Waals surface area contributed by atoms with Gasteiger partial charge in [0.25, 0.3) is 0 Å². The van der Waals surface area contributed by atoms with Gasteiger partial charge < -0.3 is 5.11 Å². The molecule has 3 heteroatoms. The van der Waals surface area contributed by atoms with Crippen molar-refractivity contribution in [2.45, 2.75) is 39.7 Å². The average molecular weight is 258 g/mol. The van der Waals surface area contributed by atoms with E-state index in [-0.39, 0.29) is 0 Å². The molecule has 1 aliphatic rings. The zero-order chi connectivity index (χ0) is 13.8. The van der Waals surface area contributed by atoms with Crippen LogP contribution in [0.3, 0.4) is 0 Å². The predicted octanol–water partition coefficient (Wildman–Crippen LogP) is 3.13. The molecular formula is C16H22N2O. The van der Waals surface area contributed by atoms with Gasteiger partial charge in [0.1, 0.15) is 5.75 Å². The molecule has 0 amide bonds. The summed E-state index contributed by atoms with van der Waals surface area (Å²) in [6, 6.07) is 6.11. The third kappa shape index (κ3) is 3.97. The molecule has 102 valence electrons. The van der Waals surface area contributed by atoms with E-state index in [1.54, 1.807) is 0 Å². The van der Waals surface area contributed by atoms with Crippen molar-refractivity contribution in [1.82, 2.24) is 4.90 Å². The molecule has 0 saturated heterocycles. The zero-order valence-corrected chi connectivity index (χ0v) is 11.8. The SMILES string of the molecule is Cc1cc(O)c(CN(CCC#N)CC2CC2)cc1C. The second kappa shape index (κ2) is 6.08. The van der Waals surface area contributed by atoms with Gasteiger partial charge in [-0.3, -0.25) is 4.90 Å². The smallest absolute Gasteiger partial charge is 0.120 e. The number of phenols is 1. The van der Waals surface area contributed by atoms with E-state index in [4.69, 9.17) is 5.26 Å². The number of hydrogen-bond acceptors (Lipinski definition) is 3. The summed E-state index contributed by atoms with van der Waals surface area (Å²) >= 11 is 0. The Balaban J connectivity index is 2.06. The molecule has 0 aromatic heterocycles. The molecule has 0 unspecified atom stereocenters. The van der Waals surface area contributed by atoms with Crippen LogP contribution in [0.25, 0.3) is 0 Å². The quantitative estimate of drug-likeness (QED) is 0.852. The summed E-state index contributed by atoms with van der Waals surface area (Å²) in [6.07, 6.45) is 3.17. The molecule has 1 N–H and O–H groups in total. The third-order valence-corrected chi connectivity index (χ3v) is 3.84. The highest BCUT2D eigenvalue weighted by atomic mass is 16.3. The van der Waals surface area contributed by atoms with E-state index in [9.17, 15) is 5.11 Å². The van der Waals surface area contributed by atoms with Gasteiger partial charge in [0.2, 0.25) is 0 Å². The van der Waals surface area contributed by atoms with E-state index < -0.39 is 0 Å². The second-order valence-corrected chi connectivity index (χ2v) is 5.65. The van der Waals surface area contributed by atoms with Crippen molar-refractivity contribution in [1.29, 1.82) is 5.26 Å². The molecular weight excluding hydrogens is 236 g/mol. The highest BCUT2D eigenvalue weighted by molar-refractivity contribution is 5.40. The topological polar surface area (TPSA) is 47.3 Å². The number of aromatic hydroxyl groups is 1. The molecule has 3 nitrogen and oxygen atoms in total. The van der Waals surface area contributed by atoms with Crippen LogP contribution in [0, 0.1) is 31.1 Å². The molecule has 1 aromatic carbocycles. The minimum absolute atomic E-state index is 0.376. The van der Waals surface area contributed by atoms with Gasteiger partial charge in [0, 0.05) is 31.6 Å².